The van der Waals surface area contributed by atoms with Gasteiger partial charge in [0.25, 0.3) is 5.56 Å². The molecule has 0 fully saturated rings. The van der Waals surface area contributed by atoms with Crippen LogP contribution in [0, 0.1) is 3.57 Å². The summed E-state index contributed by atoms with van der Waals surface area (Å²) in [6.07, 6.45) is 0. The number of nitrogens with zero attached hydrogens (tertiary/aromatic N) is 3. The highest BCUT2D eigenvalue weighted by molar-refractivity contribution is 14.1. The predicted molar refractivity (Wildman–Crippen MR) is 66.8 cm³/mol. The van der Waals surface area contributed by atoms with Gasteiger partial charge in [-0.1, -0.05) is 0 Å². The van der Waals surface area contributed by atoms with Gasteiger partial charge in [-0.3, -0.25) is 4.79 Å². The zero-order valence-electron chi connectivity index (χ0n) is 8.64. The number of methoxy groups -OCH3 is 1. The van der Waals surface area contributed by atoms with E-state index in [-0.39, 0.29) is 15.3 Å². The van der Waals surface area contributed by atoms with Crippen molar-refractivity contribution in [3.63, 3.8) is 0 Å². The predicted octanol–water partition coefficient (Wildman–Crippen LogP) is 0.546. The summed E-state index contributed by atoms with van der Waals surface area (Å²) in [5.74, 6) is 0.177. The molecule has 0 amide bonds. The first kappa shape index (κ1) is 11.8. The van der Waals surface area contributed by atoms with E-state index in [1.807, 2.05) is 0 Å². The zero-order chi connectivity index (χ0) is 12.4. The van der Waals surface area contributed by atoms with Gasteiger partial charge in [0.05, 0.1) is 7.11 Å². The lowest BCUT2D eigenvalue weighted by atomic mass is 10.3. The Hall–Kier alpha value is -1.71. The van der Waals surface area contributed by atoms with Crippen molar-refractivity contribution in [3.05, 3.63) is 26.1 Å². The lowest BCUT2D eigenvalue weighted by Gasteiger charge is -2.02. The third kappa shape index (κ3) is 2.35. The molecule has 17 heavy (non-hydrogen) atoms. The first-order valence-electron chi connectivity index (χ1n) is 4.48. The quantitative estimate of drug-likeness (QED) is 0.770. The molecule has 2 aromatic heterocycles. The molecular formula is C9H7IN4O3. The van der Waals surface area contributed by atoms with Crippen LogP contribution in [0.25, 0.3) is 11.5 Å². The van der Waals surface area contributed by atoms with Gasteiger partial charge in [-0.05, 0) is 28.7 Å². The molecule has 0 aliphatic carbocycles. The fraction of sp³-hybridized carbons (Fsp3) is 0.111. The number of hydrogen-bond acceptors (Lipinski definition) is 6. The second-order valence-corrected chi connectivity index (χ2v) is 4.09. The molecule has 0 atom stereocenters. The van der Waals surface area contributed by atoms with Crippen LogP contribution in [-0.2, 0) is 0 Å². The Morgan fingerprint density at radius 2 is 2.18 bits per heavy atom. The standard InChI is InChI=1S/C9H7IN4O3/c1-17-5-3-2-4(13-14-5)7-11-8(15)6(10)9(16)12-7/h2-3H,1H3,(H2,11,12,15,16). The van der Waals surface area contributed by atoms with Gasteiger partial charge < -0.3 is 14.8 Å². The highest BCUT2D eigenvalue weighted by Gasteiger charge is 2.10. The van der Waals surface area contributed by atoms with Gasteiger partial charge in [0.1, 0.15) is 9.26 Å². The molecule has 2 N–H and O–H groups in total. The molecule has 2 rings (SSSR count). The molecule has 0 aromatic carbocycles. The van der Waals surface area contributed by atoms with Crippen LogP contribution in [0.4, 0.5) is 0 Å². The Labute approximate surface area is 109 Å². The molecule has 0 aliphatic heterocycles. The summed E-state index contributed by atoms with van der Waals surface area (Å²) in [6, 6.07) is 3.16. The second kappa shape index (κ2) is 4.65. The number of ether oxygens (including phenoxy) is 1. The number of hydrogen-bond donors (Lipinski definition) is 2. The topological polar surface area (TPSA) is 101 Å². The monoisotopic (exact) mass is 346 g/mol. The fourth-order valence-corrected chi connectivity index (χ4v) is 1.38. The third-order valence-electron chi connectivity index (χ3n) is 1.94. The van der Waals surface area contributed by atoms with E-state index in [1.165, 1.54) is 7.11 Å². The van der Waals surface area contributed by atoms with Gasteiger partial charge in [-0.2, -0.15) is 4.98 Å². The summed E-state index contributed by atoms with van der Waals surface area (Å²) in [7, 11) is 1.47. The average Bonchev–Trinajstić information content (AvgIpc) is 2.35. The highest BCUT2D eigenvalue weighted by atomic mass is 127. The molecule has 0 bridgehead atoms. The van der Waals surface area contributed by atoms with Crippen LogP contribution < -0.4 is 10.3 Å². The van der Waals surface area contributed by atoms with Crippen LogP contribution >= 0.6 is 22.6 Å². The van der Waals surface area contributed by atoms with Gasteiger partial charge in [0.2, 0.25) is 11.8 Å². The summed E-state index contributed by atoms with van der Waals surface area (Å²) < 4.78 is 4.99. The normalized spacial score (nSPS) is 10.2. The SMILES string of the molecule is COc1ccc(-c2nc(O)c(I)c(=O)[nH]2)nn1. The molecule has 0 saturated heterocycles. The number of rotatable bonds is 2. The molecule has 0 radical (unpaired) electrons. The van der Waals surface area contributed by atoms with Crippen LogP contribution in [0.5, 0.6) is 11.8 Å². The van der Waals surface area contributed by atoms with Gasteiger partial charge in [0.15, 0.2) is 5.82 Å². The first-order valence-corrected chi connectivity index (χ1v) is 5.56. The van der Waals surface area contributed by atoms with E-state index in [1.54, 1.807) is 34.7 Å². The molecule has 2 aromatic rings. The van der Waals surface area contributed by atoms with Crippen molar-refractivity contribution in [1.82, 2.24) is 20.2 Å². The minimum atomic E-state index is -0.425. The Morgan fingerprint density at radius 3 is 2.71 bits per heavy atom. The number of nitrogens with one attached hydrogen (secondary N) is 1. The van der Waals surface area contributed by atoms with Crippen molar-refractivity contribution in [2.75, 3.05) is 7.11 Å². The first-order chi connectivity index (χ1) is 8.11. The van der Waals surface area contributed by atoms with E-state index in [4.69, 9.17) is 4.74 Å². The van der Waals surface area contributed by atoms with Crippen molar-refractivity contribution in [2.24, 2.45) is 0 Å². The Bertz CT molecular complexity index is 596. The maximum atomic E-state index is 11.4. The summed E-state index contributed by atoms with van der Waals surface area (Å²) >= 11 is 1.70. The number of aromatic hydroxyl groups is 1. The van der Waals surface area contributed by atoms with Crippen molar-refractivity contribution in [2.45, 2.75) is 0 Å². The van der Waals surface area contributed by atoms with Gasteiger partial charge in [-0.15, -0.1) is 10.2 Å². The van der Waals surface area contributed by atoms with Crippen LogP contribution in [0.15, 0.2) is 16.9 Å². The van der Waals surface area contributed by atoms with E-state index in [2.05, 4.69) is 20.2 Å². The summed E-state index contributed by atoms with van der Waals surface area (Å²) in [5, 5.41) is 17.0. The lowest BCUT2D eigenvalue weighted by molar-refractivity contribution is 0.392. The van der Waals surface area contributed by atoms with E-state index in [0.29, 0.717) is 11.6 Å². The summed E-state index contributed by atoms with van der Waals surface area (Å²) in [5.41, 5.74) is -0.0830. The molecule has 2 heterocycles. The van der Waals surface area contributed by atoms with Crippen molar-refractivity contribution >= 4 is 22.6 Å². The van der Waals surface area contributed by atoms with E-state index < -0.39 is 5.56 Å². The Balaban J connectivity index is 2.49. The molecule has 0 saturated carbocycles. The van der Waals surface area contributed by atoms with Crippen molar-refractivity contribution in [1.29, 1.82) is 0 Å². The second-order valence-electron chi connectivity index (χ2n) is 3.01. The molecule has 88 valence electrons. The molecule has 0 aliphatic rings. The van der Waals surface area contributed by atoms with E-state index in [9.17, 15) is 9.90 Å². The number of halogens is 1. The minimum absolute atomic E-state index is 0.132. The number of aromatic nitrogens is 4. The maximum absolute atomic E-state index is 11.4. The highest BCUT2D eigenvalue weighted by Crippen LogP contribution is 2.17. The molecule has 7 nitrogen and oxygen atoms in total. The van der Waals surface area contributed by atoms with Gasteiger partial charge >= 0.3 is 0 Å². The molecule has 0 unspecified atom stereocenters. The maximum Gasteiger partial charge on any atom is 0.268 e. The Morgan fingerprint density at radius 1 is 1.41 bits per heavy atom. The van der Waals surface area contributed by atoms with Crippen molar-refractivity contribution in [3.8, 4) is 23.3 Å². The number of aromatic amines is 1. The third-order valence-corrected chi connectivity index (χ3v) is 2.91. The molecular weight excluding hydrogens is 339 g/mol. The summed E-state index contributed by atoms with van der Waals surface area (Å²) in [6.45, 7) is 0. The fourth-order valence-electron chi connectivity index (χ4n) is 1.12. The van der Waals surface area contributed by atoms with Crippen LogP contribution in [0.2, 0.25) is 0 Å². The smallest absolute Gasteiger partial charge is 0.268 e. The average molecular weight is 346 g/mol. The van der Waals surface area contributed by atoms with Crippen LogP contribution in [0.3, 0.4) is 0 Å². The van der Waals surface area contributed by atoms with E-state index >= 15 is 0 Å². The minimum Gasteiger partial charge on any atom is -0.492 e. The molecule has 8 heteroatoms. The van der Waals surface area contributed by atoms with Gasteiger partial charge in [-0.25, -0.2) is 0 Å². The van der Waals surface area contributed by atoms with Crippen LogP contribution in [-0.4, -0.2) is 32.4 Å². The van der Waals surface area contributed by atoms with Crippen LogP contribution in [0.1, 0.15) is 0 Å². The largest absolute Gasteiger partial charge is 0.492 e. The lowest BCUT2D eigenvalue weighted by Crippen LogP contribution is -2.12. The van der Waals surface area contributed by atoms with Gasteiger partial charge in [0, 0.05) is 6.07 Å². The Kier molecular flexibility index (Phi) is 3.22. The zero-order valence-corrected chi connectivity index (χ0v) is 10.8. The van der Waals surface area contributed by atoms with E-state index in [0.717, 1.165) is 0 Å². The summed E-state index contributed by atoms with van der Waals surface area (Å²) in [4.78, 5) is 17.7. The molecule has 0 spiro atoms. The van der Waals surface area contributed by atoms with Crippen molar-refractivity contribution < 1.29 is 9.84 Å². The number of H-pyrrole nitrogens is 1.